The largest absolute Gasteiger partial charge is 0.344 e. The third-order valence-electron chi connectivity index (χ3n) is 6.89. The second-order valence-electron chi connectivity index (χ2n) is 9.47. The molecule has 6 rings (SSSR count). The molecule has 4 aromatic rings. The molecular weight excluding hydrogens is 504 g/mol. The van der Waals surface area contributed by atoms with Crippen LogP contribution in [0.15, 0.2) is 53.5 Å². The lowest BCUT2D eigenvalue weighted by Gasteiger charge is -2.24. The van der Waals surface area contributed by atoms with Crippen molar-refractivity contribution in [3.8, 4) is 0 Å². The van der Waals surface area contributed by atoms with Gasteiger partial charge in [-0.2, -0.15) is 0 Å². The van der Waals surface area contributed by atoms with E-state index in [1.807, 2.05) is 26.1 Å². The van der Waals surface area contributed by atoms with Gasteiger partial charge in [-0.05, 0) is 78.7 Å². The average Bonchev–Trinajstić information content (AvgIpc) is 3.44. The lowest BCUT2D eigenvalue weighted by Crippen LogP contribution is -2.27. The Hall–Kier alpha value is -2.06. The quantitative estimate of drug-likeness (QED) is 0.300. The second kappa shape index (κ2) is 8.01. The van der Waals surface area contributed by atoms with Crippen LogP contribution in [0.3, 0.4) is 0 Å². The zero-order valence-corrected chi connectivity index (χ0v) is 20.8. The molecule has 0 bridgehead atoms. The first-order valence-electron chi connectivity index (χ1n) is 11.2. The predicted molar refractivity (Wildman–Crippen MR) is 131 cm³/mol. The van der Waals surface area contributed by atoms with Crippen LogP contribution >= 0.6 is 27.5 Å². The minimum Gasteiger partial charge on any atom is -0.344 e. The number of aromatic nitrogens is 4. The molecule has 170 valence electrons. The van der Waals surface area contributed by atoms with Crippen LogP contribution in [0.1, 0.15) is 38.3 Å². The number of hydrogen-bond donors (Lipinski definition) is 0. The molecule has 0 amide bonds. The first kappa shape index (κ1) is 21.5. The van der Waals surface area contributed by atoms with E-state index in [-0.39, 0.29) is 18.2 Å². The van der Waals surface area contributed by atoms with Crippen LogP contribution in [0.4, 0.5) is 0 Å². The van der Waals surface area contributed by atoms with Crippen LogP contribution in [0.5, 0.6) is 0 Å². The van der Waals surface area contributed by atoms with Crippen molar-refractivity contribution in [2.75, 3.05) is 0 Å². The van der Waals surface area contributed by atoms with Gasteiger partial charge in [-0.25, -0.2) is 9.97 Å². The highest BCUT2D eigenvalue weighted by Gasteiger charge is 2.54. The Balaban J connectivity index is 1.27. The molecule has 0 radical (unpaired) electrons. The number of aryl methyl sites for hydroxylation is 1. The topological polar surface area (TPSA) is 62.1 Å². The van der Waals surface area contributed by atoms with Crippen molar-refractivity contribution in [3.63, 3.8) is 0 Å². The summed E-state index contributed by atoms with van der Waals surface area (Å²) in [5.74, 6) is -0.215. The van der Waals surface area contributed by atoms with Gasteiger partial charge in [-0.15, -0.1) is 0 Å². The fourth-order valence-corrected chi connectivity index (χ4v) is 6.01. The normalized spacial score (nSPS) is 26.3. The number of pyridine rings is 1. The number of halogens is 2. The molecule has 4 atom stereocenters. The van der Waals surface area contributed by atoms with Crippen molar-refractivity contribution in [1.82, 2.24) is 19.5 Å². The Morgan fingerprint density at radius 3 is 2.85 bits per heavy atom. The van der Waals surface area contributed by atoms with Gasteiger partial charge < -0.3 is 14.0 Å². The average molecular weight is 528 g/mol. The van der Waals surface area contributed by atoms with Crippen molar-refractivity contribution in [2.24, 2.45) is 5.92 Å². The number of rotatable bonds is 4. The highest BCUT2D eigenvalue weighted by atomic mass is 79.9. The molecule has 1 saturated carbocycles. The van der Waals surface area contributed by atoms with Gasteiger partial charge in [0.1, 0.15) is 23.2 Å². The number of fused-ring (bicyclic) bond motifs is 3. The molecule has 3 aromatic heterocycles. The fraction of sp³-hybridized carbons (Fsp3) is 0.400. The summed E-state index contributed by atoms with van der Waals surface area (Å²) in [5, 5.41) is 2.49. The van der Waals surface area contributed by atoms with E-state index < -0.39 is 5.79 Å². The minimum absolute atomic E-state index is 0.0232. The van der Waals surface area contributed by atoms with Gasteiger partial charge in [-0.1, -0.05) is 23.7 Å². The van der Waals surface area contributed by atoms with Gasteiger partial charge in [0.05, 0.1) is 23.0 Å². The lowest BCUT2D eigenvalue weighted by atomic mass is 9.95. The fourth-order valence-electron chi connectivity index (χ4n) is 5.47. The summed E-state index contributed by atoms with van der Waals surface area (Å²) in [6.07, 6.45) is 8.41. The summed E-state index contributed by atoms with van der Waals surface area (Å²) in [6, 6.07) is 10.8. The molecule has 6 nitrogen and oxygen atoms in total. The van der Waals surface area contributed by atoms with Crippen LogP contribution in [0.25, 0.3) is 21.9 Å². The zero-order valence-electron chi connectivity index (χ0n) is 18.4. The van der Waals surface area contributed by atoms with Crippen LogP contribution < -0.4 is 0 Å². The third-order valence-corrected chi connectivity index (χ3v) is 7.62. The maximum absolute atomic E-state index is 6.41. The van der Waals surface area contributed by atoms with E-state index in [0.29, 0.717) is 11.1 Å². The molecule has 1 saturated heterocycles. The van der Waals surface area contributed by atoms with Crippen molar-refractivity contribution < 1.29 is 9.47 Å². The molecule has 33 heavy (non-hydrogen) atoms. The van der Waals surface area contributed by atoms with Crippen LogP contribution in [0, 0.1) is 5.92 Å². The Labute approximate surface area is 205 Å². The number of hydrogen-bond acceptors (Lipinski definition) is 5. The van der Waals surface area contributed by atoms with Crippen molar-refractivity contribution in [3.05, 3.63) is 64.2 Å². The van der Waals surface area contributed by atoms with Gasteiger partial charge in [0, 0.05) is 22.3 Å². The number of benzene rings is 1. The molecule has 8 heteroatoms. The van der Waals surface area contributed by atoms with Crippen LogP contribution in [-0.2, 0) is 15.9 Å². The second-order valence-corrected chi connectivity index (χ2v) is 10.7. The monoisotopic (exact) mass is 526 g/mol. The summed E-state index contributed by atoms with van der Waals surface area (Å²) in [5.41, 5.74) is 3.16. The van der Waals surface area contributed by atoms with Crippen LogP contribution in [-0.4, -0.2) is 37.5 Å². The smallest absolute Gasteiger partial charge is 0.163 e. The molecule has 1 aromatic carbocycles. The van der Waals surface area contributed by atoms with E-state index in [4.69, 9.17) is 21.1 Å². The lowest BCUT2D eigenvalue weighted by molar-refractivity contribution is -0.160. The van der Waals surface area contributed by atoms with Gasteiger partial charge in [0.15, 0.2) is 5.79 Å². The van der Waals surface area contributed by atoms with Gasteiger partial charge >= 0.3 is 0 Å². The summed E-state index contributed by atoms with van der Waals surface area (Å²) in [6.45, 7) is 4.00. The maximum atomic E-state index is 6.41. The molecule has 2 fully saturated rings. The number of ether oxygens (including phenoxy) is 2. The van der Waals surface area contributed by atoms with Crippen molar-refractivity contribution in [1.29, 1.82) is 0 Å². The molecule has 0 N–H and O–H groups in total. The Morgan fingerprint density at radius 2 is 1.97 bits per heavy atom. The van der Waals surface area contributed by atoms with Gasteiger partial charge in [-0.3, -0.25) is 4.98 Å². The Morgan fingerprint density at radius 1 is 1.12 bits per heavy atom. The standard InChI is InChI=1S/C25H24BrClN4O2/c1-25(2)32-21-16(6-4-14-3-5-15-10-17(26)12-28-19(15)9-14)11-20(22(21)33-25)31-8-7-18-23(27)29-13-30-24(18)31/h3,5,7-10,12-13,16,20-22H,4,6,11H2,1-2H3/t16-,20+,21+,22-/m0/s1. The minimum atomic E-state index is -0.595. The van der Waals surface area contributed by atoms with E-state index in [0.717, 1.165) is 45.7 Å². The summed E-state index contributed by atoms with van der Waals surface area (Å²) in [4.78, 5) is 13.2. The highest BCUT2D eigenvalue weighted by Crippen LogP contribution is 2.49. The first-order chi connectivity index (χ1) is 15.9. The summed E-state index contributed by atoms with van der Waals surface area (Å²) >= 11 is 9.80. The van der Waals surface area contributed by atoms with Gasteiger partial charge in [0.25, 0.3) is 0 Å². The van der Waals surface area contributed by atoms with E-state index in [2.05, 4.69) is 65.9 Å². The van der Waals surface area contributed by atoms with Crippen LogP contribution in [0.2, 0.25) is 5.15 Å². The molecule has 1 aliphatic heterocycles. The van der Waals surface area contributed by atoms with Gasteiger partial charge in [0.2, 0.25) is 0 Å². The van der Waals surface area contributed by atoms with Crippen molar-refractivity contribution >= 4 is 49.5 Å². The molecule has 1 aliphatic carbocycles. The molecule has 4 heterocycles. The zero-order chi connectivity index (χ0) is 22.7. The molecule has 0 unspecified atom stereocenters. The summed E-state index contributed by atoms with van der Waals surface area (Å²) < 4.78 is 16.0. The number of nitrogens with zero attached hydrogens (tertiary/aromatic N) is 4. The van der Waals surface area contributed by atoms with Crippen molar-refractivity contribution in [2.45, 2.75) is 57.1 Å². The Bertz CT molecular complexity index is 1360. The predicted octanol–water partition coefficient (Wildman–Crippen LogP) is 6.11. The SMILES string of the molecule is CC1(C)O[C@@H]2[C@@H](CCc3ccc4cc(Br)cnc4c3)C[C@@H](n3ccc4c(Cl)ncnc43)[C@@H]2O1. The van der Waals surface area contributed by atoms with E-state index in [1.165, 1.54) is 11.9 Å². The first-order valence-corrected chi connectivity index (χ1v) is 12.4. The molecular formula is C25H24BrClN4O2. The molecule has 0 spiro atoms. The maximum Gasteiger partial charge on any atom is 0.163 e. The summed E-state index contributed by atoms with van der Waals surface area (Å²) in [7, 11) is 0. The molecule has 2 aliphatic rings. The highest BCUT2D eigenvalue weighted by molar-refractivity contribution is 9.10. The van der Waals surface area contributed by atoms with E-state index in [1.54, 1.807) is 0 Å². The van der Waals surface area contributed by atoms with E-state index in [9.17, 15) is 0 Å². The van der Waals surface area contributed by atoms with E-state index >= 15 is 0 Å². The third kappa shape index (κ3) is 3.85. The Kier molecular flexibility index (Phi) is 5.21.